The van der Waals surface area contributed by atoms with Crippen molar-refractivity contribution in [3.05, 3.63) is 118 Å². The molecule has 1 unspecified atom stereocenters. The van der Waals surface area contributed by atoms with Gasteiger partial charge in [0.2, 0.25) is 0 Å². The minimum absolute atomic E-state index is 0.0459. The number of ether oxygens (including phenoxy) is 2. The van der Waals surface area contributed by atoms with Crippen molar-refractivity contribution in [2.45, 2.75) is 5.60 Å². The van der Waals surface area contributed by atoms with Crippen LogP contribution in [0.4, 0.5) is 0 Å². The summed E-state index contributed by atoms with van der Waals surface area (Å²) >= 11 is 0. The van der Waals surface area contributed by atoms with E-state index in [1.54, 1.807) is 66.7 Å². The Bertz CT molecular complexity index is 1580. The lowest BCUT2D eigenvalue weighted by atomic mass is 9.77. The standard InChI is InChI=1S/C28H18N2O6/c31-17-10-11-21-24(14-17)35-25-19(15-29-30-26(33)16-6-2-1-3-7-16)23(32)13-12-22(25)28(21)20-9-5-4-8-18(20)27(34)36-28/h1-15,31-32H,(H,30,33)/b29-15+. The van der Waals surface area contributed by atoms with Gasteiger partial charge in [-0.2, -0.15) is 5.10 Å². The number of hydrogen-bond acceptors (Lipinski definition) is 7. The lowest BCUT2D eigenvalue weighted by molar-refractivity contribution is 0.0224. The molecule has 36 heavy (non-hydrogen) atoms. The normalized spacial score (nSPS) is 17.2. The first-order chi connectivity index (χ1) is 17.5. The fourth-order valence-corrected chi connectivity index (χ4v) is 4.67. The van der Waals surface area contributed by atoms with Gasteiger partial charge in [-0.15, -0.1) is 0 Å². The number of phenolic OH excluding ortho intramolecular Hbond substituents is 2. The van der Waals surface area contributed by atoms with Crippen LogP contribution in [0.2, 0.25) is 0 Å². The number of esters is 1. The van der Waals surface area contributed by atoms with Crippen LogP contribution in [0.5, 0.6) is 23.0 Å². The molecule has 8 nitrogen and oxygen atoms in total. The quantitative estimate of drug-likeness (QED) is 0.228. The number of hydrogen-bond donors (Lipinski definition) is 3. The van der Waals surface area contributed by atoms with Crippen molar-refractivity contribution >= 4 is 18.1 Å². The first-order valence-corrected chi connectivity index (χ1v) is 11.1. The van der Waals surface area contributed by atoms with E-state index >= 15 is 0 Å². The van der Waals surface area contributed by atoms with Crippen molar-refractivity contribution in [1.82, 2.24) is 5.43 Å². The van der Waals surface area contributed by atoms with Gasteiger partial charge in [-0.3, -0.25) is 4.79 Å². The number of aromatic hydroxyl groups is 2. The third-order valence-electron chi connectivity index (χ3n) is 6.28. The van der Waals surface area contributed by atoms with Gasteiger partial charge >= 0.3 is 5.97 Å². The second kappa shape index (κ2) is 7.99. The van der Waals surface area contributed by atoms with Crippen LogP contribution in [-0.4, -0.2) is 28.3 Å². The number of hydrazone groups is 1. The Hall–Kier alpha value is -5.11. The van der Waals surface area contributed by atoms with Gasteiger partial charge < -0.3 is 19.7 Å². The number of fused-ring (bicyclic) bond motifs is 6. The topological polar surface area (TPSA) is 117 Å². The maximum atomic E-state index is 12.9. The van der Waals surface area contributed by atoms with Crippen LogP contribution in [0.3, 0.4) is 0 Å². The molecule has 3 N–H and O–H groups in total. The minimum Gasteiger partial charge on any atom is -0.508 e. The zero-order valence-electron chi connectivity index (χ0n) is 18.6. The highest BCUT2D eigenvalue weighted by atomic mass is 16.6. The van der Waals surface area contributed by atoms with Gasteiger partial charge in [-0.1, -0.05) is 36.4 Å². The second-order valence-electron chi connectivity index (χ2n) is 8.34. The van der Waals surface area contributed by atoms with E-state index in [9.17, 15) is 19.8 Å². The summed E-state index contributed by atoms with van der Waals surface area (Å²) < 4.78 is 12.2. The largest absolute Gasteiger partial charge is 0.508 e. The maximum absolute atomic E-state index is 12.9. The molecule has 0 radical (unpaired) electrons. The maximum Gasteiger partial charge on any atom is 0.340 e. The number of carbonyl (C=O) groups excluding carboxylic acids is 2. The van der Waals surface area contributed by atoms with E-state index in [4.69, 9.17) is 9.47 Å². The number of rotatable bonds is 3. The average molecular weight is 478 g/mol. The Morgan fingerprint density at radius 2 is 1.64 bits per heavy atom. The van der Waals surface area contributed by atoms with Crippen molar-refractivity contribution < 1.29 is 29.3 Å². The fraction of sp³-hybridized carbons (Fsp3) is 0.0357. The van der Waals surface area contributed by atoms with E-state index in [1.165, 1.54) is 24.4 Å². The van der Waals surface area contributed by atoms with E-state index in [0.717, 1.165) is 0 Å². The van der Waals surface area contributed by atoms with Crippen LogP contribution in [0, 0.1) is 0 Å². The van der Waals surface area contributed by atoms with Crippen molar-refractivity contribution in [2.24, 2.45) is 5.10 Å². The summed E-state index contributed by atoms with van der Waals surface area (Å²) in [6, 6.07) is 23.2. The van der Waals surface area contributed by atoms with Crippen LogP contribution >= 0.6 is 0 Å². The Morgan fingerprint density at radius 1 is 0.889 bits per heavy atom. The molecule has 2 aliphatic heterocycles. The number of phenols is 2. The van der Waals surface area contributed by atoms with Crippen molar-refractivity contribution in [3.63, 3.8) is 0 Å². The molecular weight excluding hydrogens is 460 g/mol. The first-order valence-electron chi connectivity index (χ1n) is 11.1. The van der Waals surface area contributed by atoms with Gasteiger partial charge in [-0.25, -0.2) is 10.2 Å². The SMILES string of the molecule is O=C(N/N=C/c1c(O)ccc2c1Oc1cc(O)ccc1C21OC(=O)c2ccccc21)c1ccccc1. The number of amides is 1. The molecule has 1 atom stereocenters. The molecule has 0 saturated carbocycles. The summed E-state index contributed by atoms with van der Waals surface area (Å²) in [6.45, 7) is 0. The molecule has 4 aromatic rings. The predicted octanol–water partition coefficient (Wildman–Crippen LogP) is 4.43. The van der Waals surface area contributed by atoms with Crippen molar-refractivity contribution in [2.75, 3.05) is 0 Å². The predicted molar refractivity (Wildman–Crippen MR) is 130 cm³/mol. The molecule has 6 rings (SSSR count). The lowest BCUT2D eigenvalue weighted by Gasteiger charge is -2.37. The van der Waals surface area contributed by atoms with Gasteiger partial charge in [0.05, 0.1) is 17.3 Å². The van der Waals surface area contributed by atoms with Crippen LogP contribution < -0.4 is 10.2 Å². The Morgan fingerprint density at radius 3 is 2.47 bits per heavy atom. The summed E-state index contributed by atoms with van der Waals surface area (Å²) in [5.74, 6) is -0.715. The number of benzene rings is 4. The molecule has 2 heterocycles. The van der Waals surface area contributed by atoms with Crippen molar-refractivity contribution in [3.8, 4) is 23.0 Å². The van der Waals surface area contributed by atoms with Crippen LogP contribution in [0.1, 0.15) is 43.0 Å². The molecular formula is C28H18N2O6. The molecule has 0 aliphatic carbocycles. The van der Waals surface area contributed by atoms with E-state index < -0.39 is 17.5 Å². The summed E-state index contributed by atoms with van der Waals surface area (Å²) in [7, 11) is 0. The smallest absolute Gasteiger partial charge is 0.340 e. The van der Waals surface area contributed by atoms with Gasteiger partial charge in [0.1, 0.15) is 23.0 Å². The highest BCUT2D eigenvalue weighted by Gasteiger charge is 2.54. The van der Waals surface area contributed by atoms with E-state index in [-0.39, 0.29) is 28.6 Å². The van der Waals surface area contributed by atoms with Gasteiger partial charge in [0, 0.05) is 28.3 Å². The molecule has 0 bridgehead atoms. The van der Waals surface area contributed by atoms with Crippen molar-refractivity contribution in [1.29, 1.82) is 0 Å². The van der Waals surface area contributed by atoms with Gasteiger partial charge in [0.25, 0.3) is 5.91 Å². The molecule has 1 spiro atoms. The molecule has 4 aromatic carbocycles. The fourth-order valence-electron chi connectivity index (χ4n) is 4.67. The van der Waals surface area contributed by atoms with Crippen LogP contribution in [-0.2, 0) is 10.3 Å². The van der Waals surface area contributed by atoms with Gasteiger partial charge in [-0.05, 0) is 42.5 Å². The minimum atomic E-state index is -1.37. The van der Waals surface area contributed by atoms with Crippen LogP contribution in [0.25, 0.3) is 0 Å². The Labute approximate surface area is 205 Å². The third-order valence-corrected chi connectivity index (χ3v) is 6.28. The molecule has 0 saturated heterocycles. The summed E-state index contributed by atoms with van der Waals surface area (Å²) in [6.07, 6.45) is 1.26. The molecule has 2 aliphatic rings. The van der Waals surface area contributed by atoms with E-state index in [0.29, 0.717) is 27.8 Å². The summed E-state index contributed by atoms with van der Waals surface area (Å²) in [5, 5.41) is 24.8. The second-order valence-corrected chi connectivity index (χ2v) is 8.34. The average Bonchev–Trinajstić information content (AvgIpc) is 3.18. The Kier molecular flexibility index (Phi) is 4.75. The lowest BCUT2D eigenvalue weighted by Crippen LogP contribution is -2.33. The molecule has 0 fully saturated rings. The highest BCUT2D eigenvalue weighted by Crippen LogP contribution is 2.57. The number of carbonyl (C=O) groups is 2. The van der Waals surface area contributed by atoms with Gasteiger partial charge in [0.15, 0.2) is 5.60 Å². The zero-order valence-corrected chi connectivity index (χ0v) is 18.6. The van der Waals surface area contributed by atoms with E-state index in [1.807, 2.05) is 0 Å². The first kappa shape index (κ1) is 21.4. The Balaban J connectivity index is 1.50. The highest BCUT2D eigenvalue weighted by molar-refractivity contribution is 5.98. The van der Waals surface area contributed by atoms with E-state index in [2.05, 4.69) is 10.5 Å². The zero-order chi connectivity index (χ0) is 24.9. The molecule has 8 heteroatoms. The monoisotopic (exact) mass is 478 g/mol. The third kappa shape index (κ3) is 3.12. The summed E-state index contributed by atoms with van der Waals surface area (Å²) in [4.78, 5) is 25.3. The number of nitrogens with zero attached hydrogens (tertiary/aromatic N) is 1. The summed E-state index contributed by atoms with van der Waals surface area (Å²) in [5.41, 5.74) is 3.65. The molecule has 0 aromatic heterocycles. The molecule has 1 amide bonds. The number of nitrogens with one attached hydrogen (secondary N) is 1. The van der Waals surface area contributed by atoms with Crippen LogP contribution in [0.15, 0.2) is 90.0 Å². The molecule has 176 valence electrons.